The number of benzene rings is 2. The Morgan fingerprint density at radius 1 is 0.935 bits per heavy atom. The summed E-state index contributed by atoms with van der Waals surface area (Å²) in [5, 5.41) is 0. The van der Waals surface area contributed by atoms with Crippen molar-refractivity contribution in [1.82, 2.24) is 9.97 Å². The van der Waals surface area contributed by atoms with E-state index in [4.69, 9.17) is 4.74 Å². The maximum Gasteiger partial charge on any atom is 0.264 e. The highest BCUT2D eigenvalue weighted by Crippen LogP contribution is 2.33. The fourth-order valence-electron chi connectivity index (χ4n) is 3.40. The van der Waals surface area contributed by atoms with Crippen LogP contribution in [0.3, 0.4) is 0 Å². The minimum atomic E-state index is -3.82. The van der Waals surface area contributed by atoms with E-state index in [9.17, 15) is 8.42 Å². The lowest BCUT2D eigenvalue weighted by Gasteiger charge is -2.37. The molecular formula is C23H26N4O3S. The summed E-state index contributed by atoms with van der Waals surface area (Å²) in [5.41, 5.74) is 0.282. The average Bonchev–Trinajstić information content (AvgIpc) is 2.74. The third-order valence-corrected chi connectivity index (χ3v) is 6.72. The zero-order valence-corrected chi connectivity index (χ0v) is 18.5. The SMILES string of the molecule is CC1(C)CCN(c2cc(Oc3ccccc3)nc(NS(=O)(=O)c3ccccc3)n2)CC1. The fraction of sp³-hybridized carbons (Fsp3) is 0.304. The number of hydrogen-bond acceptors (Lipinski definition) is 6. The van der Waals surface area contributed by atoms with Crippen molar-refractivity contribution in [3.8, 4) is 11.6 Å². The molecule has 1 aliphatic rings. The molecule has 8 heteroatoms. The number of piperidine rings is 1. The smallest absolute Gasteiger partial charge is 0.264 e. The summed E-state index contributed by atoms with van der Waals surface area (Å²) in [6.07, 6.45) is 2.05. The lowest BCUT2D eigenvalue weighted by Crippen LogP contribution is -2.37. The monoisotopic (exact) mass is 438 g/mol. The predicted octanol–water partition coefficient (Wildman–Crippen LogP) is 4.70. The van der Waals surface area contributed by atoms with Crippen molar-refractivity contribution < 1.29 is 13.2 Å². The van der Waals surface area contributed by atoms with E-state index in [1.807, 2.05) is 30.3 Å². The van der Waals surface area contributed by atoms with Crippen molar-refractivity contribution in [2.24, 2.45) is 5.41 Å². The van der Waals surface area contributed by atoms with Crippen molar-refractivity contribution in [3.05, 3.63) is 66.7 Å². The first-order valence-electron chi connectivity index (χ1n) is 10.3. The molecule has 2 heterocycles. The molecule has 1 saturated heterocycles. The van der Waals surface area contributed by atoms with Gasteiger partial charge in [-0.05, 0) is 42.5 Å². The second kappa shape index (κ2) is 8.55. The maximum absolute atomic E-state index is 12.8. The zero-order chi connectivity index (χ0) is 21.9. The van der Waals surface area contributed by atoms with E-state index in [0.717, 1.165) is 25.9 Å². The van der Waals surface area contributed by atoms with Crippen LogP contribution < -0.4 is 14.4 Å². The van der Waals surface area contributed by atoms with Crippen LogP contribution in [0.15, 0.2) is 71.6 Å². The molecule has 4 rings (SSSR count). The van der Waals surface area contributed by atoms with Gasteiger partial charge in [-0.25, -0.2) is 13.1 Å². The Bertz CT molecular complexity index is 1130. The standard InChI is InChI=1S/C23H26N4O3S/c1-23(2)13-15-27(16-14-23)20-17-21(30-18-9-5-3-6-10-18)25-22(24-20)26-31(28,29)19-11-7-4-8-12-19/h3-12,17H,13-16H2,1-2H3,(H,24,25,26). The summed E-state index contributed by atoms with van der Waals surface area (Å²) in [7, 11) is -3.82. The lowest BCUT2D eigenvalue weighted by molar-refractivity contribution is 0.279. The largest absolute Gasteiger partial charge is 0.439 e. The van der Waals surface area contributed by atoms with Crippen molar-refractivity contribution in [1.29, 1.82) is 0 Å². The zero-order valence-electron chi connectivity index (χ0n) is 17.7. The van der Waals surface area contributed by atoms with Gasteiger partial charge >= 0.3 is 0 Å². The number of rotatable bonds is 6. The first-order valence-corrected chi connectivity index (χ1v) is 11.7. The minimum absolute atomic E-state index is 0.0166. The Balaban J connectivity index is 1.66. The first kappa shape index (κ1) is 21.1. The van der Waals surface area contributed by atoms with Gasteiger partial charge in [0.2, 0.25) is 11.8 Å². The molecule has 31 heavy (non-hydrogen) atoms. The van der Waals surface area contributed by atoms with Crippen molar-refractivity contribution in [2.45, 2.75) is 31.6 Å². The number of anilines is 2. The molecule has 0 saturated carbocycles. The van der Waals surface area contributed by atoms with Gasteiger partial charge in [-0.15, -0.1) is 0 Å². The molecule has 0 unspecified atom stereocenters. The third kappa shape index (κ3) is 5.32. The van der Waals surface area contributed by atoms with Crippen molar-refractivity contribution in [2.75, 3.05) is 22.7 Å². The van der Waals surface area contributed by atoms with Crippen LogP contribution in [-0.2, 0) is 10.0 Å². The van der Waals surface area contributed by atoms with Gasteiger partial charge in [-0.1, -0.05) is 50.2 Å². The molecule has 1 aliphatic heterocycles. The van der Waals surface area contributed by atoms with E-state index in [1.165, 1.54) is 12.1 Å². The first-order chi connectivity index (χ1) is 14.8. The molecule has 0 amide bonds. The van der Waals surface area contributed by atoms with Crippen molar-refractivity contribution >= 4 is 21.8 Å². The Morgan fingerprint density at radius 2 is 1.55 bits per heavy atom. The van der Waals surface area contributed by atoms with Gasteiger partial charge in [0.25, 0.3) is 10.0 Å². The van der Waals surface area contributed by atoms with E-state index in [-0.39, 0.29) is 22.1 Å². The average molecular weight is 439 g/mol. The van der Waals surface area contributed by atoms with Crippen LogP contribution in [0.5, 0.6) is 11.6 Å². The van der Waals surface area contributed by atoms with Crippen LogP contribution in [0, 0.1) is 5.41 Å². The van der Waals surface area contributed by atoms with E-state index in [1.54, 1.807) is 24.3 Å². The quantitative estimate of drug-likeness (QED) is 0.601. The second-order valence-corrected chi connectivity index (χ2v) is 10.1. The molecule has 0 atom stereocenters. The van der Waals surface area contributed by atoms with E-state index in [2.05, 4.69) is 33.4 Å². The lowest BCUT2D eigenvalue weighted by atomic mass is 9.83. The van der Waals surface area contributed by atoms with Gasteiger partial charge in [0, 0.05) is 19.2 Å². The van der Waals surface area contributed by atoms with Gasteiger partial charge in [-0.3, -0.25) is 0 Å². The Morgan fingerprint density at radius 3 is 2.19 bits per heavy atom. The predicted molar refractivity (Wildman–Crippen MR) is 121 cm³/mol. The molecule has 3 aromatic rings. The van der Waals surface area contributed by atoms with Gasteiger partial charge in [0.1, 0.15) is 11.6 Å². The summed E-state index contributed by atoms with van der Waals surface area (Å²) >= 11 is 0. The molecule has 0 spiro atoms. The number of nitrogens with one attached hydrogen (secondary N) is 1. The number of ether oxygens (including phenoxy) is 1. The number of hydrogen-bond donors (Lipinski definition) is 1. The summed E-state index contributed by atoms with van der Waals surface area (Å²) in [4.78, 5) is 11.1. The number of para-hydroxylation sites is 1. The summed E-state index contributed by atoms with van der Waals surface area (Å²) in [6, 6.07) is 19.2. The van der Waals surface area contributed by atoms with Crippen LogP contribution >= 0.6 is 0 Å². The van der Waals surface area contributed by atoms with Gasteiger partial charge < -0.3 is 9.64 Å². The van der Waals surface area contributed by atoms with Gasteiger partial charge in [0.05, 0.1) is 4.90 Å². The molecule has 0 bridgehead atoms. The summed E-state index contributed by atoms with van der Waals surface area (Å²) in [6.45, 7) is 6.18. The molecule has 2 aromatic carbocycles. The second-order valence-electron chi connectivity index (χ2n) is 8.37. The van der Waals surface area contributed by atoms with Crippen LogP contribution in [-0.4, -0.2) is 31.5 Å². The van der Waals surface area contributed by atoms with Gasteiger partial charge in [-0.2, -0.15) is 9.97 Å². The number of aromatic nitrogens is 2. The van der Waals surface area contributed by atoms with Crippen LogP contribution in [0.4, 0.5) is 11.8 Å². The number of sulfonamides is 1. The molecule has 1 aromatic heterocycles. The molecule has 0 aliphatic carbocycles. The molecular weight excluding hydrogens is 412 g/mol. The highest BCUT2D eigenvalue weighted by atomic mass is 32.2. The highest BCUT2D eigenvalue weighted by molar-refractivity contribution is 7.92. The van der Waals surface area contributed by atoms with Crippen LogP contribution in [0.25, 0.3) is 0 Å². The third-order valence-electron chi connectivity index (χ3n) is 5.37. The minimum Gasteiger partial charge on any atom is -0.439 e. The molecule has 0 radical (unpaired) electrons. The molecule has 162 valence electrons. The Labute approximate surface area is 183 Å². The summed E-state index contributed by atoms with van der Waals surface area (Å²) in [5.74, 6) is 1.52. The van der Waals surface area contributed by atoms with E-state index < -0.39 is 10.0 Å². The number of nitrogens with zero attached hydrogens (tertiary/aromatic N) is 3. The highest BCUT2D eigenvalue weighted by Gasteiger charge is 2.27. The van der Waals surface area contributed by atoms with Gasteiger partial charge in [0.15, 0.2) is 0 Å². The van der Waals surface area contributed by atoms with Crippen molar-refractivity contribution in [3.63, 3.8) is 0 Å². The topological polar surface area (TPSA) is 84.4 Å². The van der Waals surface area contributed by atoms with Crippen LogP contribution in [0.2, 0.25) is 0 Å². The van der Waals surface area contributed by atoms with E-state index >= 15 is 0 Å². The Hall–Kier alpha value is -3.13. The molecule has 7 nitrogen and oxygen atoms in total. The van der Waals surface area contributed by atoms with E-state index in [0.29, 0.717) is 11.6 Å². The molecule has 1 N–H and O–H groups in total. The Kier molecular flexibility index (Phi) is 5.82. The summed E-state index contributed by atoms with van der Waals surface area (Å²) < 4.78 is 34.0. The fourth-order valence-corrected chi connectivity index (χ4v) is 4.37. The van der Waals surface area contributed by atoms with Crippen LogP contribution in [0.1, 0.15) is 26.7 Å². The normalized spacial score (nSPS) is 16.0. The maximum atomic E-state index is 12.8. The molecule has 1 fully saturated rings.